The molecule has 0 aromatic carbocycles. The monoisotopic (exact) mass is 1480 g/mol. The number of carbonyl (C=O) groups is 4. The van der Waals surface area contributed by atoms with Gasteiger partial charge in [0, 0.05) is 25.7 Å². The summed E-state index contributed by atoms with van der Waals surface area (Å²) in [5.41, 5.74) is 0. The number of phosphoric ester groups is 2. The van der Waals surface area contributed by atoms with Gasteiger partial charge < -0.3 is 33.8 Å². The molecule has 0 heterocycles. The molecule has 19 heteroatoms. The minimum Gasteiger partial charge on any atom is -0.462 e. The van der Waals surface area contributed by atoms with Gasteiger partial charge in [0.15, 0.2) is 12.2 Å². The fraction of sp³-hybridized carbons (Fsp3) is 0.831. The first-order valence-electron chi connectivity index (χ1n) is 41.5. The fourth-order valence-electron chi connectivity index (χ4n) is 11.6. The van der Waals surface area contributed by atoms with Crippen LogP contribution in [0.5, 0.6) is 0 Å². The molecule has 3 N–H and O–H groups in total. The third-order valence-corrected chi connectivity index (χ3v) is 19.9. The van der Waals surface area contributed by atoms with E-state index in [2.05, 4.69) is 76.3 Å². The van der Waals surface area contributed by atoms with E-state index >= 15 is 0 Å². The van der Waals surface area contributed by atoms with Crippen molar-refractivity contribution in [2.45, 2.75) is 406 Å². The van der Waals surface area contributed by atoms with Crippen molar-refractivity contribution < 1.29 is 80.2 Å². The Morgan fingerprint density at radius 1 is 0.275 bits per heavy atom. The van der Waals surface area contributed by atoms with E-state index in [9.17, 15) is 43.2 Å². The number of allylic oxidation sites excluding steroid dienone is 10. The van der Waals surface area contributed by atoms with Gasteiger partial charge in [-0.15, -0.1) is 0 Å². The lowest BCUT2D eigenvalue weighted by Gasteiger charge is -2.21. The number of hydrogen-bond donors (Lipinski definition) is 3. The lowest BCUT2D eigenvalue weighted by atomic mass is 10.0. The van der Waals surface area contributed by atoms with E-state index in [-0.39, 0.29) is 25.7 Å². The zero-order valence-electron chi connectivity index (χ0n) is 65.3. The second-order valence-corrected chi connectivity index (χ2v) is 31.0. The molecule has 2 unspecified atom stereocenters. The van der Waals surface area contributed by atoms with Gasteiger partial charge in [0.05, 0.1) is 26.4 Å². The first-order chi connectivity index (χ1) is 49.7. The molecule has 5 atom stereocenters. The average molecular weight is 1480 g/mol. The molecule has 0 aromatic rings. The molecule has 0 radical (unpaired) electrons. The Balaban J connectivity index is 5.37. The van der Waals surface area contributed by atoms with Crippen LogP contribution >= 0.6 is 15.6 Å². The highest BCUT2D eigenvalue weighted by Crippen LogP contribution is 2.45. The van der Waals surface area contributed by atoms with Crippen LogP contribution in [0.3, 0.4) is 0 Å². The summed E-state index contributed by atoms with van der Waals surface area (Å²) in [4.78, 5) is 73.1. The molecular formula is C83H152O17P2. The largest absolute Gasteiger partial charge is 0.472 e. The lowest BCUT2D eigenvalue weighted by Crippen LogP contribution is -2.30. The standard InChI is InChI=1S/C83H152O17P2/c1-5-9-13-17-21-25-29-33-37-38-42-44-48-52-56-60-64-68-81(86)94-74-79(100-83(88)70-66-62-58-54-50-46-41-36-32-28-24-20-16-12-8-4)76-98-102(91,92)96-72-77(84)71-95-101(89,90)97-75-78(99-82(87)69-65-61-57-53-49-45-40-35-31-27-23-19-15-11-7-3)73-93-80(85)67-63-59-55-51-47-43-39-34-30-26-22-18-14-10-6-2/h21,25,33,36-37,41-42,44,52,56,77-79,84H,5-20,22-24,26-32,34-35,38-40,43,45-51,53-55,57-76H2,1-4H3,(H,89,90)(H,91,92)/b25-21-,37-33-,41-36-,44-42-,56-52-/t77-,78+,79+/m0/s1. The second-order valence-electron chi connectivity index (χ2n) is 28.1. The summed E-state index contributed by atoms with van der Waals surface area (Å²) in [6.07, 6.45) is 76.2. The molecule has 0 saturated heterocycles. The first-order valence-corrected chi connectivity index (χ1v) is 44.5. The van der Waals surface area contributed by atoms with Crippen molar-refractivity contribution in [3.05, 3.63) is 60.8 Å². The molecule has 0 rings (SSSR count). The number of rotatable bonds is 79. The van der Waals surface area contributed by atoms with Gasteiger partial charge in [-0.2, -0.15) is 0 Å². The number of unbranched alkanes of at least 4 members (excludes halogenated alkanes) is 43. The summed E-state index contributed by atoms with van der Waals surface area (Å²) >= 11 is 0. The maximum absolute atomic E-state index is 13.1. The SMILES string of the molecule is CCCCC/C=C\C/C=C\C/C=C\C/C=C\CCCC(=O)OC[C@H](COP(=O)(O)OC[C@@H](O)COP(=O)(O)OC[C@@H](COC(=O)CCCCCCCCCCCCCCCCC)OC(=O)CCCCCCCCCCCCCCCCC)OC(=O)CCCCCCC/C=C\CCCCCCCC. The van der Waals surface area contributed by atoms with Crippen LogP contribution in [0.1, 0.15) is 387 Å². The summed E-state index contributed by atoms with van der Waals surface area (Å²) < 4.78 is 68.7. The van der Waals surface area contributed by atoms with E-state index in [1.54, 1.807) is 0 Å². The molecule has 17 nitrogen and oxygen atoms in total. The van der Waals surface area contributed by atoms with Gasteiger partial charge in [-0.1, -0.05) is 332 Å². The van der Waals surface area contributed by atoms with Crippen molar-refractivity contribution in [3.8, 4) is 0 Å². The molecule has 0 aliphatic heterocycles. The molecule has 0 saturated carbocycles. The molecule has 0 amide bonds. The Kier molecular flexibility index (Phi) is 73.6. The number of hydrogen-bond acceptors (Lipinski definition) is 15. The number of aliphatic hydroxyl groups excluding tert-OH is 1. The summed E-state index contributed by atoms with van der Waals surface area (Å²) in [5.74, 6) is -2.21. The molecule has 0 spiro atoms. The van der Waals surface area contributed by atoms with Gasteiger partial charge >= 0.3 is 39.5 Å². The van der Waals surface area contributed by atoms with Crippen LogP contribution in [0, 0.1) is 0 Å². The summed E-state index contributed by atoms with van der Waals surface area (Å²) in [6, 6.07) is 0. The highest BCUT2D eigenvalue weighted by molar-refractivity contribution is 7.47. The van der Waals surface area contributed by atoms with E-state index < -0.39 is 97.5 Å². The second kappa shape index (κ2) is 76.0. The van der Waals surface area contributed by atoms with Crippen LogP contribution in [0.25, 0.3) is 0 Å². The summed E-state index contributed by atoms with van der Waals surface area (Å²) in [5, 5.41) is 10.6. The van der Waals surface area contributed by atoms with Crippen molar-refractivity contribution in [3.63, 3.8) is 0 Å². The maximum Gasteiger partial charge on any atom is 0.472 e. The molecule has 0 bridgehead atoms. The molecule has 0 aliphatic rings. The predicted molar refractivity (Wildman–Crippen MR) is 418 cm³/mol. The van der Waals surface area contributed by atoms with Crippen molar-refractivity contribution >= 4 is 39.5 Å². The number of phosphoric acid groups is 2. The number of esters is 4. The van der Waals surface area contributed by atoms with Crippen LogP contribution in [0.4, 0.5) is 0 Å². The normalized spacial score (nSPS) is 14.1. The van der Waals surface area contributed by atoms with Gasteiger partial charge in [0.1, 0.15) is 19.3 Å². The number of carbonyl (C=O) groups excluding carboxylic acids is 4. The van der Waals surface area contributed by atoms with E-state index in [0.29, 0.717) is 32.1 Å². The lowest BCUT2D eigenvalue weighted by molar-refractivity contribution is -0.161. The Hall–Kier alpha value is -3.24. The molecule has 102 heavy (non-hydrogen) atoms. The summed E-state index contributed by atoms with van der Waals surface area (Å²) in [7, 11) is -9.96. The fourth-order valence-corrected chi connectivity index (χ4v) is 13.2. The Morgan fingerprint density at radius 2 is 0.490 bits per heavy atom. The van der Waals surface area contributed by atoms with Crippen molar-refractivity contribution in [2.24, 2.45) is 0 Å². The highest BCUT2D eigenvalue weighted by atomic mass is 31.2. The van der Waals surface area contributed by atoms with Crippen LogP contribution in [-0.2, 0) is 65.4 Å². The predicted octanol–water partition coefficient (Wildman–Crippen LogP) is 24.2. The molecule has 0 aromatic heterocycles. The van der Waals surface area contributed by atoms with Gasteiger partial charge in [0.2, 0.25) is 0 Å². The highest BCUT2D eigenvalue weighted by Gasteiger charge is 2.30. The minimum absolute atomic E-state index is 0.0774. The quantitative estimate of drug-likeness (QED) is 0.0169. The van der Waals surface area contributed by atoms with Crippen molar-refractivity contribution in [1.29, 1.82) is 0 Å². The van der Waals surface area contributed by atoms with Crippen LogP contribution in [-0.4, -0.2) is 96.7 Å². The van der Waals surface area contributed by atoms with Gasteiger partial charge in [-0.3, -0.25) is 37.3 Å². The smallest absolute Gasteiger partial charge is 0.462 e. The molecule has 0 aliphatic carbocycles. The van der Waals surface area contributed by atoms with Crippen molar-refractivity contribution in [2.75, 3.05) is 39.6 Å². The Morgan fingerprint density at radius 3 is 0.804 bits per heavy atom. The van der Waals surface area contributed by atoms with Crippen molar-refractivity contribution in [1.82, 2.24) is 0 Å². The van der Waals surface area contributed by atoms with Crippen LogP contribution in [0.2, 0.25) is 0 Å². The Bertz CT molecular complexity index is 2170. The average Bonchev–Trinajstić information content (AvgIpc) is 0.923. The maximum atomic E-state index is 13.1. The molecule has 0 fully saturated rings. The zero-order chi connectivity index (χ0) is 74.6. The van der Waals surface area contributed by atoms with Gasteiger partial charge in [-0.05, 0) is 89.9 Å². The number of aliphatic hydroxyl groups is 1. The van der Waals surface area contributed by atoms with Crippen LogP contribution < -0.4 is 0 Å². The van der Waals surface area contributed by atoms with E-state index in [0.717, 1.165) is 109 Å². The Labute approximate surface area is 622 Å². The van der Waals surface area contributed by atoms with Gasteiger partial charge in [0.25, 0.3) is 0 Å². The zero-order valence-corrected chi connectivity index (χ0v) is 67.1. The third kappa shape index (κ3) is 75.0. The van der Waals surface area contributed by atoms with Crippen LogP contribution in [0.15, 0.2) is 60.8 Å². The van der Waals surface area contributed by atoms with Gasteiger partial charge in [-0.25, -0.2) is 9.13 Å². The topological polar surface area (TPSA) is 237 Å². The number of ether oxygens (including phenoxy) is 4. The van der Waals surface area contributed by atoms with E-state index in [1.165, 1.54) is 193 Å². The molecule has 596 valence electrons. The minimum atomic E-state index is -4.98. The van der Waals surface area contributed by atoms with E-state index in [1.807, 2.05) is 12.2 Å². The summed E-state index contributed by atoms with van der Waals surface area (Å²) in [6.45, 7) is 4.87. The van der Waals surface area contributed by atoms with E-state index in [4.69, 9.17) is 37.0 Å². The third-order valence-electron chi connectivity index (χ3n) is 18.0. The first kappa shape index (κ1) is 98.8. The molecular weight excluding hydrogens is 1330 g/mol.